The van der Waals surface area contributed by atoms with E-state index < -0.39 is 0 Å². The summed E-state index contributed by atoms with van der Waals surface area (Å²) in [6.45, 7) is 1.58. The van der Waals surface area contributed by atoms with Crippen LogP contribution < -0.4 is 9.36 Å². The van der Waals surface area contributed by atoms with Crippen molar-refractivity contribution in [1.82, 2.24) is 20.2 Å². The van der Waals surface area contributed by atoms with Crippen molar-refractivity contribution in [2.75, 3.05) is 0 Å². The third kappa shape index (κ3) is 3.22. The van der Waals surface area contributed by atoms with Crippen LogP contribution in [0.3, 0.4) is 0 Å². The van der Waals surface area contributed by atoms with Gasteiger partial charge in [0.1, 0.15) is 13.1 Å². The zero-order valence-corrected chi connectivity index (χ0v) is 13.1. The predicted octanol–water partition coefficient (Wildman–Crippen LogP) is 1.47. The van der Waals surface area contributed by atoms with Crippen LogP contribution in [-0.2, 0) is 13.1 Å². The summed E-state index contributed by atoms with van der Waals surface area (Å²) in [5, 5.41) is 6.11. The molecule has 0 saturated heterocycles. The standard InChI is InChI=1S/C18H16N6/c1-5-17(6-2-15(1)9-23-13-19-11-21-23)18-7-3-16(4-8-18)10-24-14-20-12-22-24/h1-8,11-14H,9-10H2/p+2. The van der Waals surface area contributed by atoms with E-state index in [4.69, 9.17) is 0 Å². The van der Waals surface area contributed by atoms with E-state index in [9.17, 15) is 0 Å². The minimum Gasteiger partial charge on any atom is -0.194 e. The quantitative estimate of drug-likeness (QED) is 0.547. The first-order valence-electron chi connectivity index (χ1n) is 7.81. The molecular formula is C18H18N6+2. The van der Waals surface area contributed by atoms with Gasteiger partial charge in [0.2, 0.25) is 12.7 Å². The molecule has 6 heteroatoms. The molecule has 2 aromatic heterocycles. The molecule has 0 spiro atoms. The second kappa shape index (κ2) is 6.45. The SMILES string of the molecule is c1nc[n+](Cc2ccc(-c3ccc(C[n+]4cnc[nH]4)cc3)cc2)[nH]1. The van der Waals surface area contributed by atoms with Gasteiger partial charge in [0.05, 0.1) is 0 Å². The summed E-state index contributed by atoms with van der Waals surface area (Å²) in [6.07, 6.45) is 6.92. The molecule has 2 N–H and O–H groups in total. The van der Waals surface area contributed by atoms with Crippen molar-refractivity contribution >= 4 is 0 Å². The van der Waals surface area contributed by atoms with Crippen LogP contribution in [0.25, 0.3) is 11.1 Å². The zero-order valence-electron chi connectivity index (χ0n) is 13.1. The summed E-state index contributed by atoms with van der Waals surface area (Å²) in [6, 6.07) is 17.2. The molecule has 0 bridgehead atoms. The number of rotatable bonds is 5. The molecule has 0 fully saturated rings. The minimum atomic E-state index is 0.792. The lowest BCUT2D eigenvalue weighted by Crippen LogP contribution is -2.35. The second-order valence-corrected chi connectivity index (χ2v) is 5.70. The maximum Gasteiger partial charge on any atom is 0.306 e. The molecule has 0 saturated carbocycles. The summed E-state index contributed by atoms with van der Waals surface area (Å²) in [5.41, 5.74) is 4.91. The largest absolute Gasteiger partial charge is 0.306 e. The van der Waals surface area contributed by atoms with E-state index in [1.165, 1.54) is 22.3 Å². The molecule has 6 nitrogen and oxygen atoms in total. The van der Waals surface area contributed by atoms with Crippen molar-refractivity contribution in [2.24, 2.45) is 0 Å². The molecular weight excluding hydrogens is 300 g/mol. The van der Waals surface area contributed by atoms with Crippen LogP contribution in [-0.4, -0.2) is 20.2 Å². The lowest BCUT2D eigenvalue weighted by molar-refractivity contribution is -0.743. The Balaban J connectivity index is 1.47. The Bertz CT molecular complexity index is 800. The van der Waals surface area contributed by atoms with Gasteiger partial charge >= 0.3 is 12.7 Å². The van der Waals surface area contributed by atoms with E-state index >= 15 is 0 Å². The Morgan fingerprint density at radius 3 is 1.38 bits per heavy atom. The van der Waals surface area contributed by atoms with Crippen LogP contribution in [0.15, 0.2) is 73.8 Å². The van der Waals surface area contributed by atoms with Crippen molar-refractivity contribution in [2.45, 2.75) is 13.1 Å². The topological polar surface area (TPSA) is 65.1 Å². The number of hydrogen-bond donors (Lipinski definition) is 2. The highest BCUT2D eigenvalue weighted by Gasteiger charge is 2.04. The maximum atomic E-state index is 4.02. The van der Waals surface area contributed by atoms with E-state index in [2.05, 4.69) is 68.7 Å². The Morgan fingerprint density at radius 2 is 1.04 bits per heavy atom. The average molecular weight is 318 g/mol. The fourth-order valence-electron chi connectivity index (χ4n) is 2.68. The van der Waals surface area contributed by atoms with Crippen LogP contribution in [0, 0.1) is 0 Å². The monoisotopic (exact) mass is 318 g/mol. The van der Waals surface area contributed by atoms with Crippen LogP contribution >= 0.6 is 0 Å². The number of H-pyrrole nitrogens is 2. The summed E-state index contributed by atoms with van der Waals surface area (Å²) >= 11 is 0. The Hall–Kier alpha value is -3.28. The smallest absolute Gasteiger partial charge is 0.194 e. The molecule has 4 rings (SSSR count). The van der Waals surface area contributed by atoms with Gasteiger partial charge in [0.25, 0.3) is 0 Å². The molecule has 0 aliphatic rings. The molecule has 24 heavy (non-hydrogen) atoms. The van der Waals surface area contributed by atoms with Gasteiger partial charge < -0.3 is 0 Å². The van der Waals surface area contributed by atoms with Crippen LogP contribution in [0.2, 0.25) is 0 Å². The van der Waals surface area contributed by atoms with Crippen molar-refractivity contribution in [3.8, 4) is 11.1 Å². The number of nitrogens with zero attached hydrogens (tertiary/aromatic N) is 4. The number of nitrogens with one attached hydrogen (secondary N) is 2. The molecule has 4 aromatic rings. The third-order valence-electron chi connectivity index (χ3n) is 3.96. The highest BCUT2D eigenvalue weighted by molar-refractivity contribution is 5.63. The van der Waals surface area contributed by atoms with Crippen molar-refractivity contribution in [3.63, 3.8) is 0 Å². The normalized spacial score (nSPS) is 10.8. The van der Waals surface area contributed by atoms with Crippen LogP contribution in [0.1, 0.15) is 11.1 Å². The Labute approximate surface area is 139 Å². The Kier molecular flexibility index (Phi) is 3.85. The van der Waals surface area contributed by atoms with Gasteiger partial charge in [-0.25, -0.2) is 0 Å². The maximum absolute atomic E-state index is 4.02. The van der Waals surface area contributed by atoms with E-state index in [-0.39, 0.29) is 0 Å². The van der Waals surface area contributed by atoms with Crippen LogP contribution in [0.5, 0.6) is 0 Å². The summed E-state index contributed by atoms with van der Waals surface area (Å²) in [7, 11) is 0. The third-order valence-corrected chi connectivity index (χ3v) is 3.96. The lowest BCUT2D eigenvalue weighted by Gasteiger charge is -2.05. The van der Waals surface area contributed by atoms with Crippen LogP contribution in [0.4, 0.5) is 0 Å². The second-order valence-electron chi connectivity index (χ2n) is 5.70. The van der Waals surface area contributed by atoms with E-state index in [1.54, 1.807) is 25.3 Å². The molecule has 118 valence electrons. The molecule has 2 aromatic carbocycles. The first kappa shape index (κ1) is 14.3. The van der Waals surface area contributed by atoms with E-state index in [0.717, 1.165) is 13.1 Å². The molecule has 0 atom stereocenters. The van der Waals surface area contributed by atoms with Gasteiger partial charge in [0.15, 0.2) is 0 Å². The Morgan fingerprint density at radius 1 is 0.625 bits per heavy atom. The first-order valence-corrected chi connectivity index (χ1v) is 7.81. The fourth-order valence-corrected chi connectivity index (χ4v) is 2.68. The molecule has 0 radical (unpaired) electrons. The van der Waals surface area contributed by atoms with Gasteiger partial charge in [-0.1, -0.05) is 48.5 Å². The first-order chi connectivity index (χ1) is 11.9. The number of aromatic nitrogens is 6. The molecule has 2 heterocycles. The lowest BCUT2D eigenvalue weighted by atomic mass is 10.0. The number of hydrogen-bond acceptors (Lipinski definition) is 2. The molecule has 0 unspecified atom stereocenters. The fraction of sp³-hybridized carbons (Fsp3) is 0.111. The van der Waals surface area contributed by atoms with Gasteiger partial charge in [0, 0.05) is 0 Å². The van der Waals surface area contributed by atoms with Crippen molar-refractivity contribution < 1.29 is 9.36 Å². The molecule has 0 aliphatic heterocycles. The molecule has 0 aliphatic carbocycles. The summed E-state index contributed by atoms with van der Waals surface area (Å²) < 4.78 is 3.88. The highest BCUT2D eigenvalue weighted by Crippen LogP contribution is 2.20. The number of aromatic amines is 2. The van der Waals surface area contributed by atoms with Gasteiger partial charge in [-0.3, -0.25) is 0 Å². The van der Waals surface area contributed by atoms with Gasteiger partial charge in [-0.15, -0.1) is 0 Å². The summed E-state index contributed by atoms with van der Waals surface area (Å²) in [4.78, 5) is 8.04. The summed E-state index contributed by atoms with van der Waals surface area (Å²) in [5.74, 6) is 0. The average Bonchev–Trinajstić information content (AvgIpc) is 3.31. The zero-order chi connectivity index (χ0) is 16.2. The predicted molar refractivity (Wildman–Crippen MR) is 87.6 cm³/mol. The minimum absolute atomic E-state index is 0.792. The van der Waals surface area contributed by atoms with Crippen molar-refractivity contribution in [1.29, 1.82) is 0 Å². The van der Waals surface area contributed by atoms with E-state index in [1.807, 2.05) is 9.36 Å². The van der Waals surface area contributed by atoms with Gasteiger partial charge in [-0.2, -0.15) is 19.6 Å². The number of benzene rings is 2. The van der Waals surface area contributed by atoms with Crippen molar-refractivity contribution in [3.05, 3.63) is 85.0 Å². The molecule has 0 amide bonds. The van der Waals surface area contributed by atoms with E-state index in [0.29, 0.717) is 0 Å². The highest BCUT2D eigenvalue weighted by atomic mass is 15.3. The van der Waals surface area contributed by atoms with Gasteiger partial charge in [-0.05, 0) is 32.2 Å².